The van der Waals surface area contributed by atoms with Crippen LogP contribution in [0.3, 0.4) is 0 Å². The van der Waals surface area contributed by atoms with Crippen molar-refractivity contribution in [3.8, 4) is 0 Å². The first-order valence-electron chi connectivity index (χ1n) is 5.76. The highest BCUT2D eigenvalue weighted by atomic mass is 16.5. The van der Waals surface area contributed by atoms with Crippen LogP contribution in [-0.2, 0) is 4.74 Å². The Labute approximate surface area is 96.8 Å². The van der Waals surface area contributed by atoms with Crippen molar-refractivity contribution in [1.29, 1.82) is 0 Å². The van der Waals surface area contributed by atoms with Crippen molar-refractivity contribution in [3.05, 3.63) is 0 Å². The van der Waals surface area contributed by atoms with E-state index in [4.69, 9.17) is 10.5 Å². The van der Waals surface area contributed by atoms with E-state index in [-0.39, 0.29) is 10.7 Å². The second kappa shape index (κ2) is 5.95. The maximum absolute atomic E-state index is 6.08. The first kappa shape index (κ1) is 15.0. The summed E-state index contributed by atoms with van der Waals surface area (Å²) in [5.74, 6) is 0. The molecule has 0 aromatic carbocycles. The Kier molecular flexibility index (Phi) is 5.97. The van der Waals surface area contributed by atoms with E-state index in [2.05, 4.69) is 35.0 Å². The molecule has 0 fully saturated rings. The van der Waals surface area contributed by atoms with Crippen molar-refractivity contribution in [2.24, 2.45) is 5.73 Å². The predicted octanol–water partition coefficient (Wildman–Crippen LogP) is 2.09. The molecule has 86 valence electrons. The van der Waals surface area contributed by atoms with Gasteiger partial charge in [-0.15, -0.1) is 0 Å². The lowest BCUT2D eigenvalue weighted by molar-refractivity contribution is 0.0720. The largest absolute Gasteiger partial charge is 0.379 e. The van der Waals surface area contributed by atoms with E-state index in [0.717, 1.165) is 13.0 Å². The van der Waals surface area contributed by atoms with Crippen LogP contribution in [0.5, 0.6) is 0 Å². The number of hydrogen-bond donors (Lipinski definition) is 1. The third-order valence-corrected chi connectivity index (χ3v) is 2.52. The van der Waals surface area contributed by atoms with Crippen molar-refractivity contribution in [2.75, 3.05) is 6.61 Å². The molecule has 0 aliphatic carbocycles. The number of hydrogen-bond acceptors (Lipinski definition) is 2. The van der Waals surface area contributed by atoms with Gasteiger partial charge in [0.05, 0.1) is 6.10 Å². The van der Waals surface area contributed by atoms with E-state index in [1.165, 1.54) is 0 Å². The molecule has 0 aliphatic rings. The summed E-state index contributed by atoms with van der Waals surface area (Å²) in [4.78, 5) is 0. The van der Waals surface area contributed by atoms with E-state index in [1.807, 2.05) is 21.0 Å². The Bertz CT molecular complexity index is 181. The fourth-order valence-electron chi connectivity index (χ4n) is 1.56. The fraction of sp³-hybridized carbons (Fsp3) is 1.00. The molecule has 4 heteroatoms. The lowest BCUT2D eigenvalue weighted by Gasteiger charge is -2.33. The SMILES string of the molecule is C[B]C(C)(N)[B]C(C)(C)CCOC(C)C. The average molecular weight is 209 g/mol. The van der Waals surface area contributed by atoms with Crippen LogP contribution in [0, 0.1) is 0 Å². The van der Waals surface area contributed by atoms with Gasteiger partial charge in [0, 0.05) is 6.61 Å². The molecule has 2 radical (unpaired) electrons. The molecule has 0 rings (SSSR count). The Balaban J connectivity index is 3.96. The van der Waals surface area contributed by atoms with Gasteiger partial charge < -0.3 is 10.5 Å². The van der Waals surface area contributed by atoms with E-state index in [0.29, 0.717) is 6.10 Å². The summed E-state index contributed by atoms with van der Waals surface area (Å²) in [6, 6.07) is 0. The Morgan fingerprint density at radius 2 is 1.80 bits per heavy atom. The van der Waals surface area contributed by atoms with Gasteiger partial charge in [-0.1, -0.05) is 32.9 Å². The van der Waals surface area contributed by atoms with E-state index >= 15 is 0 Å². The maximum atomic E-state index is 6.08. The molecule has 0 saturated carbocycles. The zero-order valence-corrected chi connectivity index (χ0v) is 11.1. The summed E-state index contributed by atoms with van der Waals surface area (Å²) in [5.41, 5.74) is 6.08. The van der Waals surface area contributed by atoms with Crippen LogP contribution >= 0.6 is 0 Å². The third-order valence-electron chi connectivity index (χ3n) is 2.52. The van der Waals surface area contributed by atoms with Gasteiger partial charge in [0.2, 0.25) is 0 Å². The Morgan fingerprint density at radius 3 is 2.20 bits per heavy atom. The fourth-order valence-corrected chi connectivity index (χ4v) is 1.56. The highest BCUT2D eigenvalue weighted by molar-refractivity contribution is 6.63. The molecule has 0 aromatic rings. The van der Waals surface area contributed by atoms with Crippen molar-refractivity contribution in [3.63, 3.8) is 0 Å². The summed E-state index contributed by atoms with van der Waals surface area (Å²) in [7, 11) is 4.22. The summed E-state index contributed by atoms with van der Waals surface area (Å²) in [6.07, 6.45) is 1.31. The molecular formula is C11H25B2NO. The summed E-state index contributed by atoms with van der Waals surface area (Å²) < 4.78 is 5.55. The first-order chi connectivity index (χ1) is 6.68. The summed E-state index contributed by atoms with van der Waals surface area (Å²) >= 11 is 0. The topological polar surface area (TPSA) is 35.2 Å². The van der Waals surface area contributed by atoms with Crippen LogP contribution in [0.25, 0.3) is 0 Å². The highest BCUT2D eigenvalue weighted by Gasteiger charge is 2.29. The standard InChI is InChI=1S/C11H25B2NO/c1-9(2)15-8-7-10(3,4)13-11(5,14)12-6/h9H,7-8,14H2,1-6H3. The van der Waals surface area contributed by atoms with Gasteiger partial charge in [0.25, 0.3) is 0 Å². The minimum atomic E-state index is -0.290. The van der Waals surface area contributed by atoms with Gasteiger partial charge in [-0.05, 0) is 25.6 Å². The molecule has 2 nitrogen and oxygen atoms in total. The van der Waals surface area contributed by atoms with Crippen molar-refractivity contribution in [1.82, 2.24) is 0 Å². The quantitative estimate of drug-likeness (QED) is 0.651. The second-order valence-corrected chi connectivity index (χ2v) is 5.46. The second-order valence-electron chi connectivity index (χ2n) is 5.46. The molecule has 0 bridgehead atoms. The smallest absolute Gasteiger partial charge is 0.132 e. The average Bonchev–Trinajstić information content (AvgIpc) is 2.01. The van der Waals surface area contributed by atoms with Crippen LogP contribution in [0.1, 0.15) is 41.0 Å². The van der Waals surface area contributed by atoms with E-state index in [1.54, 1.807) is 0 Å². The molecule has 15 heavy (non-hydrogen) atoms. The van der Waals surface area contributed by atoms with Gasteiger partial charge >= 0.3 is 0 Å². The number of nitrogens with two attached hydrogens (primary N) is 1. The molecule has 0 spiro atoms. The Hall–Kier alpha value is 0.0499. The molecule has 2 N–H and O–H groups in total. The molecule has 0 aromatic heterocycles. The van der Waals surface area contributed by atoms with E-state index in [9.17, 15) is 0 Å². The van der Waals surface area contributed by atoms with Crippen molar-refractivity contribution < 1.29 is 4.74 Å². The van der Waals surface area contributed by atoms with Gasteiger partial charge in [-0.3, -0.25) is 0 Å². The normalized spacial score (nSPS) is 16.3. The van der Waals surface area contributed by atoms with Gasteiger partial charge in [-0.25, -0.2) is 0 Å². The highest BCUT2D eigenvalue weighted by Crippen LogP contribution is 2.30. The molecular weight excluding hydrogens is 184 g/mol. The first-order valence-corrected chi connectivity index (χ1v) is 5.76. The van der Waals surface area contributed by atoms with E-state index < -0.39 is 0 Å². The van der Waals surface area contributed by atoms with Crippen LogP contribution in [0.2, 0.25) is 12.1 Å². The lowest BCUT2D eigenvalue weighted by atomic mass is 9.32. The third kappa shape index (κ3) is 7.92. The van der Waals surface area contributed by atoms with Crippen LogP contribution in [-0.4, -0.2) is 32.6 Å². The van der Waals surface area contributed by atoms with Gasteiger partial charge in [-0.2, -0.15) is 0 Å². The zero-order chi connectivity index (χ0) is 12.1. The van der Waals surface area contributed by atoms with Gasteiger partial charge in [0.15, 0.2) is 0 Å². The van der Waals surface area contributed by atoms with Crippen LogP contribution < -0.4 is 5.73 Å². The molecule has 1 atom stereocenters. The Morgan fingerprint density at radius 1 is 1.27 bits per heavy atom. The molecule has 0 saturated heterocycles. The molecule has 1 unspecified atom stereocenters. The molecule has 0 aliphatic heterocycles. The van der Waals surface area contributed by atoms with Gasteiger partial charge in [0.1, 0.15) is 14.6 Å². The van der Waals surface area contributed by atoms with Crippen LogP contribution in [0.4, 0.5) is 0 Å². The monoisotopic (exact) mass is 209 g/mol. The molecule has 0 heterocycles. The molecule has 0 amide bonds. The van der Waals surface area contributed by atoms with Crippen LogP contribution in [0.15, 0.2) is 0 Å². The minimum absolute atomic E-state index is 0.116. The van der Waals surface area contributed by atoms with Crippen molar-refractivity contribution >= 4 is 14.6 Å². The lowest BCUT2D eigenvalue weighted by Crippen LogP contribution is -2.51. The predicted molar refractivity (Wildman–Crippen MR) is 69.7 cm³/mol. The minimum Gasteiger partial charge on any atom is -0.379 e. The summed E-state index contributed by atoms with van der Waals surface area (Å²) in [6.45, 7) is 13.3. The summed E-state index contributed by atoms with van der Waals surface area (Å²) in [5, 5.41) is -0.174. The zero-order valence-electron chi connectivity index (χ0n) is 11.1. The maximum Gasteiger partial charge on any atom is 0.132 e. The van der Waals surface area contributed by atoms with Crippen molar-refractivity contribution in [2.45, 2.75) is 64.6 Å². The number of rotatable bonds is 7. The number of ether oxygens (including phenoxy) is 1.